The molecule has 0 spiro atoms. The van der Waals surface area contributed by atoms with Crippen molar-refractivity contribution in [2.45, 2.75) is 25.3 Å². The van der Waals surface area contributed by atoms with Crippen LogP contribution in [0, 0.1) is 0 Å². The summed E-state index contributed by atoms with van der Waals surface area (Å²) in [6.45, 7) is 0.833. The van der Waals surface area contributed by atoms with Gasteiger partial charge in [0.1, 0.15) is 11.5 Å². The van der Waals surface area contributed by atoms with Gasteiger partial charge >= 0.3 is 0 Å². The molecule has 134 valence electrons. The molecule has 0 bridgehead atoms. The van der Waals surface area contributed by atoms with Gasteiger partial charge in [0, 0.05) is 30.8 Å². The van der Waals surface area contributed by atoms with E-state index in [0.717, 1.165) is 25.5 Å². The molecule has 0 aromatic heterocycles. The average Bonchev–Trinajstić information content (AvgIpc) is 2.58. The Morgan fingerprint density at radius 1 is 1.21 bits per heavy atom. The Morgan fingerprint density at radius 2 is 1.83 bits per heavy atom. The fourth-order valence-corrected chi connectivity index (χ4v) is 3.32. The number of ether oxygens (including phenoxy) is 2. The highest BCUT2D eigenvalue weighted by atomic mass is 32.2. The molecule has 1 aliphatic rings. The summed E-state index contributed by atoms with van der Waals surface area (Å²) in [5.41, 5.74) is 0.470. The van der Waals surface area contributed by atoms with Crippen molar-refractivity contribution in [1.29, 1.82) is 0 Å². The van der Waals surface area contributed by atoms with E-state index in [1.165, 1.54) is 14.2 Å². The molecule has 1 aliphatic heterocycles. The minimum atomic E-state index is -3.29. The Labute approximate surface area is 143 Å². The highest BCUT2D eigenvalue weighted by Crippen LogP contribution is 2.26. The molecule has 0 radical (unpaired) electrons. The van der Waals surface area contributed by atoms with Gasteiger partial charge in [-0.25, -0.2) is 13.1 Å². The van der Waals surface area contributed by atoms with Crippen molar-refractivity contribution in [3.8, 4) is 11.5 Å². The number of nitrogens with one attached hydrogen (secondary N) is 1. The normalized spacial score (nSPS) is 18.3. The van der Waals surface area contributed by atoms with Crippen LogP contribution in [0.1, 0.15) is 29.6 Å². The van der Waals surface area contributed by atoms with Gasteiger partial charge in [-0.05, 0) is 31.4 Å². The minimum absolute atomic E-state index is 0.146. The Bertz CT molecular complexity index is 667. The fourth-order valence-electron chi connectivity index (χ4n) is 2.82. The van der Waals surface area contributed by atoms with Gasteiger partial charge in [-0.1, -0.05) is 0 Å². The lowest BCUT2D eigenvalue weighted by molar-refractivity contribution is 0.0618. The lowest BCUT2D eigenvalue weighted by atomic mass is 10.0. The fraction of sp³-hybridized carbons (Fsp3) is 0.562. The largest absolute Gasteiger partial charge is 0.497 e. The number of nitrogens with zero attached hydrogens (tertiary/aromatic N) is 1. The Balaban J connectivity index is 2.22. The molecule has 1 atom stereocenters. The van der Waals surface area contributed by atoms with Crippen molar-refractivity contribution in [3.05, 3.63) is 23.8 Å². The van der Waals surface area contributed by atoms with Gasteiger partial charge in [0.25, 0.3) is 5.91 Å². The topological polar surface area (TPSA) is 84.9 Å². The SMILES string of the molecule is COc1cc(OC)cc(C(=O)N2CCCCC2CNS(C)(=O)=O)c1. The summed E-state index contributed by atoms with van der Waals surface area (Å²) in [7, 11) is -0.226. The van der Waals surface area contributed by atoms with Crippen LogP contribution in [0.2, 0.25) is 0 Å². The van der Waals surface area contributed by atoms with Gasteiger partial charge in [-0.3, -0.25) is 4.79 Å². The number of carbonyl (C=O) groups excluding carboxylic acids is 1. The van der Waals surface area contributed by atoms with E-state index in [0.29, 0.717) is 23.6 Å². The van der Waals surface area contributed by atoms with Crippen LogP contribution in [0.5, 0.6) is 11.5 Å². The second-order valence-electron chi connectivity index (χ2n) is 5.87. The molecule has 1 unspecified atom stereocenters. The third-order valence-electron chi connectivity index (χ3n) is 4.07. The van der Waals surface area contributed by atoms with E-state index < -0.39 is 10.0 Å². The highest BCUT2D eigenvalue weighted by molar-refractivity contribution is 7.88. The molecular formula is C16H24N2O5S. The molecule has 1 fully saturated rings. The van der Waals surface area contributed by atoms with Gasteiger partial charge in [0.05, 0.1) is 20.5 Å². The van der Waals surface area contributed by atoms with E-state index >= 15 is 0 Å². The molecule has 0 aliphatic carbocycles. The smallest absolute Gasteiger partial charge is 0.254 e. The standard InChI is InChI=1S/C16H24N2O5S/c1-22-14-8-12(9-15(10-14)23-2)16(19)18-7-5-4-6-13(18)11-17-24(3,20)21/h8-10,13,17H,4-7,11H2,1-3H3. The number of rotatable bonds is 6. The zero-order chi connectivity index (χ0) is 17.7. The maximum atomic E-state index is 12.9. The van der Waals surface area contributed by atoms with Gasteiger partial charge in [-0.2, -0.15) is 0 Å². The Hall–Kier alpha value is -1.80. The summed E-state index contributed by atoms with van der Waals surface area (Å²) in [6.07, 6.45) is 3.77. The molecule has 1 heterocycles. The van der Waals surface area contributed by atoms with Crippen LogP contribution in [0.25, 0.3) is 0 Å². The second kappa shape index (κ2) is 7.85. The summed E-state index contributed by atoms with van der Waals surface area (Å²) in [5, 5.41) is 0. The molecule has 0 saturated carbocycles. The number of benzene rings is 1. The van der Waals surface area contributed by atoms with Gasteiger partial charge in [0.2, 0.25) is 10.0 Å². The predicted octanol–water partition coefficient (Wildman–Crippen LogP) is 1.25. The molecule has 2 rings (SSSR count). The summed E-state index contributed by atoms with van der Waals surface area (Å²) < 4.78 is 35.6. The maximum absolute atomic E-state index is 12.9. The van der Waals surface area contributed by atoms with Crippen molar-refractivity contribution >= 4 is 15.9 Å². The molecule has 1 saturated heterocycles. The van der Waals surface area contributed by atoms with Gasteiger partial charge in [0.15, 0.2) is 0 Å². The first kappa shape index (κ1) is 18.5. The summed E-state index contributed by atoms with van der Waals surface area (Å²) >= 11 is 0. The van der Waals surface area contributed by atoms with E-state index in [1.807, 2.05) is 0 Å². The van der Waals surface area contributed by atoms with Gasteiger partial charge in [-0.15, -0.1) is 0 Å². The molecule has 8 heteroatoms. The van der Waals surface area contributed by atoms with Crippen LogP contribution in [-0.2, 0) is 10.0 Å². The molecule has 1 aromatic rings. The first-order valence-electron chi connectivity index (χ1n) is 7.82. The Kier molecular flexibility index (Phi) is 6.06. The van der Waals surface area contributed by atoms with E-state index in [2.05, 4.69) is 4.72 Å². The average molecular weight is 356 g/mol. The molecule has 24 heavy (non-hydrogen) atoms. The maximum Gasteiger partial charge on any atom is 0.254 e. The van der Waals surface area contributed by atoms with E-state index in [4.69, 9.17) is 9.47 Å². The van der Waals surface area contributed by atoms with Crippen LogP contribution >= 0.6 is 0 Å². The lowest BCUT2D eigenvalue weighted by Crippen LogP contribution is -2.49. The van der Waals surface area contributed by atoms with E-state index in [1.54, 1.807) is 23.1 Å². The van der Waals surface area contributed by atoms with E-state index in [-0.39, 0.29) is 18.5 Å². The second-order valence-corrected chi connectivity index (χ2v) is 7.70. The van der Waals surface area contributed by atoms with Crippen LogP contribution in [0.15, 0.2) is 18.2 Å². The minimum Gasteiger partial charge on any atom is -0.497 e. The molecule has 1 N–H and O–H groups in total. The third-order valence-corrected chi connectivity index (χ3v) is 4.76. The van der Waals surface area contributed by atoms with Gasteiger partial charge < -0.3 is 14.4 Å². The number of amides is 1. The molecular weight excluding hydrogens is 332 g/mol. The predicted molar refractivity (Wildman–Crippen MR) is 91.1 cm³/mol. The summed E-state index contributed by atoms with van der Waals surface area (Å²) in [5.74, 6) is 0.938. The first-order chi connectivity index (χ1) is 11.3. The van der Waals surface area contributed by atoms with Crippen LogP contribution in [0.4, 0.5) is 0 Å². The molecule has 1 aromatic carbocycles. The zero-order valence-corrected chi connectivity index (χ0v) is 15.1. The number of methoxy groups -OCH3 is 2. The summed E-state index contributed by atoms with van der Waals surface area (Å²) in [6, 6.07) is 4.88. The van der Waals surface area contributed by atoms with Crippen molar-refractivity contribution in [2.24, 2.45) is 0 Å². The number of sulfonamides is 1. The van der Waals surface area contributed by atoms with Crippen LogP contribution < -0.4 is 14.2 Å². The van der Waals surface area contributed by atoms with Crippen molar-refractivity contribution in [1.82, 2.24) is 9.62 Å². The number of likely N-dealkylation sites (tertiary alicyclic amines) is 1. The van der Waals surface area contributed by atoms with Crippen molar-refractivity contribution < 1.29 is 22.7 Å². The van der Waals surface area contributed by atoms with Crippen molar-refractivity contribution in [3.63, 3.8) is 0 Å². The number of carbonyl (C=O) groups is 1. The monoisotopic (exact) mass is 356 g/mol. The van der Waals surface area contributed by atoms with Crippen LogP contribution in [-0.4, -0.2) is 58.8 Å². The lowest BCUT2D eigenvalue weighted by Gasteiger charge is -2.36. The quantitative estimate of drug-likeness (QED) is 0.829. The summed E-state index contributed by atoms with van der Waals surface area (Å²) in [4.78, 5) is 14.6. The van der Waals surface area contributed by atoms with Crippen LogP contribution in [0.3, 0.4) is 0 Å². The number of hydrogen-bond donors (Lipinski definition) is 1. The molecule has 7 nitrogen and oxygen atoms in total. The third kappa shape index (κ3) is 4.85. The number of piperidine rings is 1. The first-order valence-corrected chi connectivity index (χ1v) is 9.72. The van der Waals surface area contributed by atoms with Crippen molar-refractivity contribution in [2.75, 3.05) is 33.6 Å². The Morgan fingerprint density at radius 3 is 2.38 bits per heavy atom. The number of hydrogen-bond acceptors (Lipinski definition) is 5. The van der Waals surface area contributed by atoms with E-state index in [9.17, 15) is 13.2 Å². The molecule has 1 amide bonds. The zero-order valence-electron chi connectivity index (χ0n) is 14.2. The highest BCUT2D eigenvalue weighted by Gasteiger charge is 2.28.